The first-order valence-electron chi connectivity index (χ1n) is 11.6. The summed E-state index contributed by atoms with van der Waals surface area (Å²) in [4.78, 5) is 18.2. The summed E-state index contributed by atoms with van der Waals surface area (Å²) in [5.41, 5.74) is 4.13. The predicted octanol–water partition coefficient (Wildman–Crippen LogP) is 5.80. The van der Waals surface area contributed by atoms with E-state index < -0.39 is 6.04 Å². The van der Waals surface area contributed by atoms with Crippen LogP contribution in [0.4, 0.5) is 11.6 Å². The molecular formula is C26H31N5O2S. The number of rotatable bonds is 8. The molecule has 0 aliphatic carbocycles. The molecule has 0 fully saturated rings. The van der Waals surface area contributed by atoms with Crippen molar-refractivity contribution < 1.29 is 9.53 Å². The summed E-state index contributed by atoms with van der Waals surface area (Å²) in [5.74, 6) is 2.18. The summed E-state index contributed by atoms with van der Waals surface area (Å²) < 4.78 is 7.63. The second-order valence-electron chi connectivity index (χ2n) is 8.64. The number of nitrogens with zero attached hydrogens (tertiary/aromatic N) is 3. The van der Waals surface area contributed by atoms with Crippen LogP contribution in [0.3, 0.4) is 0 Å². The van der Waals surface area contributed by atoms with Gasteiger partial charge in [-0.05, 0) is 69.5 Å². The van der Waals surface area contributed by atoms with Gasteiger partial charge in [0.1, 0.15) is 11.8 Å². The third-order valence-corrected chi connectivity index (χ3v) is 6.40. The topological polar surface area (TPSA) is 81.1 Å². The van der Waals surface area contributed by atoms with Crippen LogP contribution in [0.1, 0.15) is 51.3 Å². The Kier molecular flexibility index (Phi) is 7.26. The van der Waals surface area contributed by atoms with Gasteiger partial charge in [0.25, 0.3) is 5.91 Å². The molecule has 34 heavy (non-hydrogen) atoms. The van der Waals surface area contributed by atoms with Crippen molar-refractivity contribution >= 4 is 29.3 Å². The maximum Gasteiger partial charge on any atom is 0.255 e. The smallest absolute Gasteiger partial charge is 0.255 e. The summed E-state index contributed by atoms with van der Waals surface area (Å²) in [5, 5.41) is 11.8. The summed E-state index contributed by atoms with van der Waals surface area (Å²) in [7, 11) is 0. The van der Waals surface area contributed by atoms with E-state index in [0.717, 1.165) is 40.4 Å². The van der Waals surface area contributed by atoms with Crippen LogP contribution in [0, 0.1) is 6.92 Å². The number of fused-ring (bicyclic) bond motifs is 1. The van der Waals surface area contributed by atoms with Gasteiger partial charge in [-0.25, -0.2) is 4.68 Å². The second-order valence-corrected chi connectivity index (χ2v) is 9.70. The zero-order valence-corrected chi connectivity index (χ0v) is 21.1. The molecule has 4 rings (SSSR count). The molecule has 0 saturated carbocycles. The van der Waals surface area contributed by atoms with Gasteiger partial charge in [0.15, 0.2) is 0 Å². The quantitative estimate of drug-likeness (QED) is 0.399. The number of hydrogen-bond acceptors (Lipinski definition) is 6. The van der Waals surface area contributed by atoms with Crippen LogP contribution in [0.15, 0.2) is 65.0 Å². The normalized spacial score (nSPS) is 15.2. The molecule has 2 heterocycles. The second kappa shape index (κ2) is 10.3. The number of ether oxygens (including phenoxy) is 1. The van der Waals surface area contributed by atoms with Crippen molar-refractivity contribution in [2.75, 3.05) is 16.4 Å². The van der Waals surface area contributed by atoms with E-state index in [-0.39, 0.29) is 12.0 Å². The summed E-state index contributed by atoms with van der Waals surface area (Å²) in [6, 6.07) is 15.2. The van der Waals surface area contributed by atoms with E-state index in [4.69, 9.17) is 9.84 Å². The standard InChI is InChI=1S/C26H31N5O2S/c1-6-14-34-26-29-25-27-18(5)22(24(32)28-20-9-7-8-17(4)15-20)23(31(25)30-26)19-10-12-21(13-11-19)33-16(2)3/h7-13,15-16,23H,6,14H2,1-5H3,(H,28,32)(H,27,29,30). The summed E-state index contributed by atoms with van der Waals surface area (Å²) >= 11 is 1.61. The van der Waals surface area contributed by atoms with Gasteiger partial charge in [-0.15, -0.1) is 5.10 Å². The summed E-state index contributed by atoms with van der Waals surface area (Å²) in [6.45, 7) is 10.0. The van der Waals surface area contributed by atoms with Crippen molar-refractivity contribution in [1.82, 2.24) is 14.8 Å². The summed E-state index contributed by atoms with van der Waals surface area (Å²) in [6.07, 6.45) is 1.12. The lowest BCUT2D eigenvalue weighted by molar-refractivity contribution is -0.113. The monoisotopic (exact) mass is 477 g/mol. The van der Waals surface area contributed by atoms with E-state index in [0.29, 0.717) is 16.7 Å². The van der Waals surface area contributed by atoms with E-state index in [1.807, 2.05) is 80.9 Å². The van der Waals surface area contributed by atoms with Crippen LogP contribution >= 0.6 is 11.8 Å². The highest BCUT2D eigenvalue weighted by atomic mass is 32.2. The van der Waals surface area contributed by atoms with Crippen molar-refractivity contribution in [1.29, 1.82) is 0 Å². The molecule has 3 aromatic rings. The van der Waals surface area contributed by atoms with Gasteiger partial charge in [-0.1, -0.05) is 43.0 Å². The van der Waals surface area contributed by atoms with Crippen molar-refractivity contribution in [2.24, 2.45) is 0 Å². The first-order valence-corrected chi connectivity index (χ1v) is 12.6. The van der Waals surface area contributed by atoms with Crippen LogP contribution in [-0.2, 0) is 4.79 Å². The third-order valence-electron chi connectivity index (χ3n) is 5.36. The molecule has 7 nitrogen and oxygen atoms in total. The number of nitrogens with one attached hydrogen (secondary N) is 2. The molecule has 178 valence electrons. The van der Waals surface area contributed by atoms with Crippen LogP contribution < -0.4 is 15.4 Å². The van der Waals surface area contributed by atoms with E-state index in [9.17, 15) is 4.79 Å². The Balaban J connectivity index is 1.73. The molecule has 1 aromatic heterocycles. The molecular weight excluding hydrogens is 446 g/mol. The van der Waals surface area contributed by atoms with Crippen LogP contribution in [0.25, 0.3) is 0 Å². The molecule has 8 heteroatoms. The average Bonchev–Trinajstić information content (AvgIpc) is 3.19. The Labute approximate surface area is 205 Å². The van der Waals surface area contributed by atoms with E-state index in [1.54, 1.807) is 11.8 Å². The van der Waals surface area contributed by atoms with Gasteiger partial charge in [-0.3, -0.25) is 4.79 Å². The Morgan fingerprint density at radius 2 is 1.97 bits per heavy atom. The Bertz CT molecular complexity index is 1200. The number of aromatic nitrogens is 3. The average molecular weight is 478 g/mol. The van der Waals surface area contributed by atoms with Crippen LogP contribution in [0.2, 0.25) is 0 Å². The number of anilines is 2. The molecule has 2 N–H and O–H groups in total. The molecule has 1 aliphatic heterocycles. The highest BCUT2D eigenvalue weighted by molar-refractivity contribution is 7.99. The SMILES string of the molecule is CCCSc1nc2n(n1)C(c1ccc(OC(C)C)cc1)C(C(=O)Nc1cccc(C)c1)=C(C)N2. The zero-order valence-electron chi connectivity index (χ0n) is 20.3. The largest absolute Gasteiger partial charge is 0.491 e. The van der Waals surface area contributed by atoms with Gasteiger partial charge in [0.05, 0.1) is 11.7 Å². The maximum absolute atomic E-state index is 13.6. The first-order chi connectivity index (χ1) is 16.4. The molecule has 1 aliphatic rings. The minimum atomic E-state index is -0.419. The fourth-order valence-electron chi connectivity index (χ4n) is 3.91. The minimum Gasteiger partial charge on any atom is -0.491 e. The van der Waals surface area contributed by atoms with Crippen molar-refractivity contribution in [3.8, 4) is 5.75 Å². The number of carbonyl (C=O) groups is 1. The van der Waals surface area contributed by atoms with Gasteiger partial charge in [0, 0.05) is 17.1 Å². The predicted molar refractivity (Wildman–Crippen MR) is 138 cm³/mol. The van der Waals surface area contributed by atoms with Crippen molar-refractivity contribution in [2.45, 2.75) is 58.3 Å². The number of amides is 1. The van der Waals surface area contributed by atoms with Crippen LogP contribution in [0.5, 0.6) is 5.75 Å². The number of carbonyl (C=O) groups excluding carboxylic acids is 1. The lowest BCUT2D eigenvalue weighted by atomic mass is 9.95. The molecule has 1 atom stereocenters. The Morgan fingerprint density at radius 1 is 1.21 bits per heavy atom. The number of aryl methyl sites for hydroxylation is 1. The number of benzene rings is 2. The zero-order chi connectivity index (χ0) is 24.2. The number of hydrogen-bond donors (Lipinski definition) is 2. The van der Waals surface area contributed by atoms with E-state index >= 15 is 0 Å². The van der Waals surface area contributed by atoms with Gasteiger partial charge < -0.3 is 15.4 Å². The van der Waals surface area contributed by atoms with E-state index in [1.165, 1.54) is 0 Å². The highest BCUT2D eigenvalue weighted by Crippen LogP contribution is 2.37. The lowest BCUT2D eigenvalue weighted by Crippen LogP contribution is -2.31. The fourth-order valence-corrected chi connectivity index (χ4v) is 4.59. The Morgan fingerprint density at radius 3 is 2.65 bits per heavy atom. The fraction of sp³-hybridized carbons (Fsp3) is 0.346. The molecule has 0 radical (unpaired) electrons. The van der Waals surface area contributed by atoms with Crippen molar-refractivity contribution in [3.05, 3.63) is 70.9 Å². The molecule has 0 bridgehead atoms. The molecule has 0 spiro atoms. The molecule has 1 amide bonds. The van der Waals surface area contributed by atoms with Crippen LogP contribution in [-0.4, -0.2) is 32.5 Å². The van der Waals surface area contributed by atoms with E-state index in [2.05, 4.69) is 22.5 Å². The Hall–Kier alpha value is -3.26. The van der Waals surface area contributed by atoms with Crippen molar-refractivity contribution in [3.63, 3.8) is 0 Å². The van der Waals surface area contributed by atoms with Gasteiger partial charge in [-0.2, -0.15) is 4.98 Å². The third kappa shape index (κ3) is 5.28. The minimum absolute atomic E-state index is 0.0857. The number of thioether (sulfide) groups is 1. The first kappa shape index (κ1) is 23.9. The maximum atomic E-state index is 13.6. The van der Waals surface area contributed by atoms with Gasteiger partial charge >= 0.3 is 0 Å². The molecule has 0 saturated heterocycles. The number of allylic oxidation sites excluding steroid dienone is 1. The molecule has 1 unspecified atom stereocenters. The lowest BCUT2D eigenvalue weighted by Gasteiger charge is -2.28. The van der Waals surface area contributed by atoms with Gasteiger partial charge in [0.2, 0.25) is 11.1 Å². The molecule has 2 aromatic carbocycles. The highest BCUT2D eigenvalue weighted by Gasteiger charge is 2.34.